The number of methoxy groups -OCH3 is 1. The molecule has 0 aromatic heterocycles. The maximum atomic E-state index is 12.5. The molecule has 0 aromatic rings. The van der Waals surface area contributed by atoms with Gasteiger partial charge in [-0.1, -0.05) is 0 Å². The van der Waals surface area contributed by atoms with E-state index in [1.807, 2.05) is 11.9 Å². The Morgan fingerprint density at radius 1 is 1.45 bits per heavy atom. The topological polar surface area (TPSA) is 61.9 Å². The van der Waals surface area contributed by atoms with Gasteiger partial charge in [-0.05, 0) is 25.9 Å². The van der Waals surface area contributed by atoms with Crippen LogP contribution in [-0.4, -0.2) is 74.6 Å². The van der Waals surface area contributed by atoms with Gasteiger partial charge in [0.2, 0.25) is 11.8 Å². The van der Waals surface area contributed by atoms with E-state index in [-0.39, 0.29) is 17.7 Å². The number of nitrogens with zero attached hydrogens (tertiary/aromatic N) is 2. The number of amides is 2. The van der Waals surface area contributed by atoms with Gasteiger partial charge in [0.25, 0.3) is 0 Å². The van der Waals surface area contributed by atoms with Crippen molar-refractivity contribution in [1.82, 2.24) is 15.1 Å². The van der Waals surface area contributed by atoms with Crippen molar-refractivity contribution in [3.63, 3.8) is 0 Å². The van der Waals surface area contributed by atoms with Gasteiger partial charge in [-0.2, -0.15) is 0 Å². The van der Waals surface area contributed by atoms with Gasteiger partial charge in [0.15, 0.2) is 0 Å². The molecule has 1 atom stereocenters. The highest BCUT2D eigenvalue weighted by atomic mass is 16.5. The summed E-state index contributed by atoms with van der Waals surface area (Å²) in [6, 6.07) is 0.312. The van der Waals surface area contributed by atoms with Crippen molar-refractivity contribution in [2.24, 2.45) is 5.92 Å². The molecule has 2 aliphatic heterocycles. The van der Waals surface area contributed by atoms with Crippen molar-refractivity contribution in [3.05, 3.63) is 0 Å². The van der Waals surface area contributed by atoms with Crippen LogP contribution in [0.2, 0.25) is 0 Å². The minimum atomic E-state index is -0.181. The lowest BCUT2D eigenvalue weighted by Crippen LogP contribution is -2.46. The summed E-state index contributed by atoms with van der Waals surface area (Å²) in [5, 5.41) is 3.30. The molecule has 1 N–H and O–H groups in total. The molecule has 6 nitrogen and oxygen atoms in total. The molecule has 0 bridgehead atoms. The van der Waals surface area contributed by atoms with Crippen LogP contribution in [0.4, 0.5) is 0 Å². The molecule has 2 rings (SSSR count). The maximum absolute atomic E-state index is 12.5. The molecule has 2 aliphatic rings. The zero-order valence-corrected chi connectivity index (χ0v) is 12.4. The lowest BCUT2D eigenvalue weighted by atomic mass is 10.0. The molecular weight excluding hydrogens is 258 g/mol. The lowest BCUT2D eigenvalue weighted by Gasteiger charge is -2.33. The Morgan fingerprint density at radius 3 is 2.80 bits per heavy atom. The highest BCUT2D eigenvalue weighted by Crippen LogP contribution is 2.22. The van der Waals surface area contributed by atoms with E-state index in [0.717, 1.165) is 25.9 Å². The second kappa shape index (κ2) is 7.04. The van der Waals surface area contributed by atoms with E-state index in [2.05, 4.69) is 5.32 Å². The summed E-state index contributed by atoms with van der Waals surface area (Å²) in [7, 11) is 3.49. The van der Waals surface area contributed by atoms with Crippen LogP contribution in [0.25, 0.3) is 0 Å². The molecule has 0 radical (unpaired) electrons. The fraction of sp³-hybridized carbons (Fsp3) is 0.857. The zero-order chi connectivity index (χ0) is 14.5. The summed E-state index contributed by atoms with van der Waals surface area (Å²) < 4.78 is 4.99. The van der Waals surface area contributed by atoms with Gasteiger partial charge in [-0.3, -0.25) is 9.59 Å². The van der Waals surface area contributed by atoms with E-state index in [1.54, 1.807) is 12.0 Å². The van der Waals surface area contributed by atoms with Gasteiger partial charge >= 0.3 is 0 Å². The highest BCUT2D eigenvalue weighted by molar-refractivity contribution is 5.89. The Morgan fingerprint density at radius 2 is 2.15 bits per heavy atom. The molecule has 0 aliphatic carbocycles. The molecule has 0 aromatic carbocycles. The van der Waals surface area contributed by atoms with E-state index < -0.39 is 0 Å². The van der Waals surface area contributed by atoms with Gasteiger partial charge in [0.05, 0.1) is 12.5 Å². The second-order valence-corrected chi connectivity index (χ2v) is 5.66. The van der Waals surface area contributed by atoms with E-state index in [4.69, 9.17) is 4.74 Å². The van der Waals surface area contributed by atoms with E-state index in [1.165, 1.54) is 0 Å². The number of ether oxygens (including phenoxy) is 1. The van der Waals surface area contributed by atoms with Crippen LogP contribution in [0.5, 0.6) is 0 Å². The van der Waals surface area contributed by atoms with Crippen LogP contribution in [0.1, 0.15) is 19.3 Å². The fourth-order valence-corrected chi connectivity index (χ4v) is 3.02. The number of carbonyl (C=O) groups is 2. The lowest BCUT2D eigenvalue weighted by molar-refractivity contribution is -0.137. The molecule has 0 spiro atoms. The predicted molar refractivity (Wildman–Crippen MR) is 75.2 cm³/mol. The monoisotopic (exact) mass is 283 g/mol. The third-order valence-electron chi connectivity index (χ3n) is 4.33. The molecular formula is C14H25N3O3. The van der Waals surface area contributed by atoms with Crippen molar-refractivity contribution in [2.45, 2.75) is 25.3 Å². The van der Waals surface area contributed by atoms with Gasteiger partial charge in [0, 0.05) is 39.7 Å². The molecule has 2 amide bonds. The largest absolute Gasteiger partial charge is 0.383 e. The van der Waals surface area contributed by atoms with E-state index in [9.17, 15) is 9.59 Å². The third kappa shape index (κ3) is 3.49. The van der Waals surface area contributed by atoms with Gasteiger partial charge in [-0.15, -0.1) is 0 Å². The molecule has 20 heavy (non-hydrogen) atoms. The normalized spacial score (nSPS) is 24.2. The molecule has 114 valence electrons. The summed E-state index contributed by atoms with van der Waals surface area (Å²) >= 11 is 0. The Balaban J connectivity index is 1.87. The number of hydrogen-bond donors (Lipinski definition) is 1. The fourth-order valence-electron chi connectivity index (χ4n) is 3.02. The van der Waals surface area contributed by atoms with Gasteiger partial charge in [0.1, 0.15) is 0 Å². The maximum Gasteiger partial charge on any atom is 0.227 e. The predicted octanol–water partition coefficient (Wildman–Crippen LogP) is -0.308. The molecule has 2 fully saturated rings. The standard InChI is InChI=1S/C14H25N3O3/c1-16(12-3-5-15-6-4-12)14(19)11-9-13(18)17(10-11)7-8-20-2/h11-12,15H,3-10H2,1-2H3. The summed E-state index contributed by atoms with van der Waals surface area (Å²) in [6.45, 7) is 3.57. The first-order valence-electron chi connectivity index (χ1n) is 7.37. The molecule has 1 unspecified atom stereocenters. The first kappa shape index (κ1) is 15.3. The summed E-state index contributed by atoms with van der Waals surface area (Å²) in [4.78, 5) is 28.0. The number of piperidine rings is 1. The Labute approximate surface area is 120 Å². The third-order valence-corrected chi connectivity index (χ3v) is 4.33. The van der Waals surface area contributed by atoms with E-state index in [0.29, 0.717) is 32.2 Å². The van der Waals surface area contributed by atoms with Crippen LogP contribution in [0.3, 0.4) is 0 Å². The number of carbonyl (C=O) groups excluding carboxylic acids is 2. The molecule has 6 heteroatoms. The Bertz CT molecular complexity index is 356. The van der Waals surface area contributed by atoms with Crippen molar-refractivity contribution < 1.29 is 14.3 Å². The van der Waals surface area contributed by atoms with Crippen LogP contribution in [-0.2, 0) is 14.3 Å². The van der Waals surface area contributed by atoms with Crippen molar-refractivity contribution >= 4 is 11.8 Å². The van der Waals surface area contributed by atoms with Gasteiger partial charge in [-0.25, -0.2) is 0 Å². The van der Waals surface area contributed by atoms with Crippen LogP contribution in [0, 0.1) is 5.92 Å². The summed E-state index contributed by atoms with van der Waals surface area (Å²) in [6.07, 6.45) is 2.34. The van der Waals surface area contributed by atoms with Crippen LogP contribution < -0.4 is 5.32 Å². The van der Waals surface area contributed by atoms with Crippen molar-refractivity contribution in [2.75, 3.05) is 46.9 Å². The van der Waals surface area contributed by atoms with Crippen molar-refractivity contribution in [3.8, 4) is 0 Å². The zero-order valence-electron chi connectivity index (χ0n) is 12.4. The highest BCUT2D eigenvalue weighted by Gasteiger charge is 2.37. The summed E-state index contributed by atoms with van der Waals surface area (Å²) in [5.74, 6) is 0.00326. The molecule has 2 saturated heterocycles. The number of nitrogens with one attached hydrogen (secondary N) is 1. The van der Waals surface area contributed by atoms with Crippen LogP contribution >= 0.6 is 0 Å². The Kier molecular flexibility index (Phi) is 5.37. The Hall–Kier alpha value is -1.14. The van der Waals surface area contributed by atoms with E-state index >= 15 is 0 Å². The number of likely N-dealkylation sites (tertiary alicyclic amines) is 1. The average molecular weight is 283 g/mol. The molecule has 0 saturated carbocycles. The first-order chi connectivity index (χ1) is 9.63. The quantitative estimate of drug-likeness (QED) is 0.752. The van der Waals surface area contributed by atoms with Crippen molar-refractivity contribution in [1.29, 1.82) is 0 Å². The average Bonchev–Trinajstić information content (AvgIpc) is 2.85. The second-order valence-electron chi connectivity index (χ2n) is 5.66. The SMILES string of the molecule is COCCN1CC(C(=O)N(C)C2CCNCC2)CC1=O. The van der Waals surface area contributed by atoms with Crippen LogP contribution in [0.15, 0.2) is 0 Å². The summed E-state index contributed by atoms with van der Waals surface area (Å²) in [5.41, 5.74) is 0. The van der Waals surface area contributed by atoms with Gasteiger partial charge < -0.3 is 19.9 Å². The minimum absolute atomic E-state index is 0.0686. The number of hydrogen-bond acceptors (Lipinski definition) is 4. The molecule has 2 heterocycles. The smallest absolute Gasteiger partial charge is 0.227 e. The minimum Gasteiger partial charge on any atom is -0.383 e. The number of rotatable bonds is 5. The first-order valence-corrected chi connectivity index (χ1v) is 7.37.